The number of rotatable bonds is 3. The molecule has 19 heavy (non-hydrogen) atoms. The molecule has 2 amide bonds. The Labute approximate surface area is 111 Å². The number of nitrogens with one attached hydrogen (secondary N) is 1. The molecule has 3 rings (SSSR count). The lowest BCUT2D eigenvalue weighted by Crippen LogP contribution is -2.43. The summed E-state index contributed by atoms with van der Waals surface area (Å²) in [5, 5.41) is 2.70. The normalized spacial score (nSPS) is 30.1. The summed E-state index contributed by atoms with van der Waals surface area (Å²) in [4.78, 5) is 25.4. The van der Waals surface area contributed by atoms with Gasteiger partial charge >= 0.3 is 0 Å². The third-order valence-electron chi connectivity index (χ3n) is 4.06. The maximum absolute atomic E-state index is 11.8. The van der Waals surface area contributed by atoms with Crippen LogP contribution < -0.4 is 11.1 Å². The predicted octanol–water partition coefficient (Wildman–Crippen LogP) is -0.282. The van der Waals surface area contributed by atoms with E-state index >= 15 is 0 Å². The molecule has 5 heteroatoms. The van der Waals surface area contributed by atoms with Gasteiger partial charge in [0, 0.05) is 25.6 Å². The van der Waals surface area contributed by atoms with Gasteiger partial charge < -0.3 is 11.1 Å². The standard InChI is InChI=1S/C14H17N3O2/c15-13(18)12-10-7-17(8-11(10)14(19)16-12)6-9-4-2-1-3-5-9/h1-5,10-12H,6-8H2,(H2,15,18)(H,16,19)/t10-,11+,12-/m0/s1. The number of hydrogen-bond donors (Lipinski definition) is 2. The Bertz CT molecular complexity index is 503. The van der Waals surface area contributed by atoms with E-state index in [-0.39, 0.29) is 17.7 Å². The highest BCUT2D eigenvalue weighted by Crippen LogP contribution is 2.32. The molecule has 3 atom stereocenters. The minimum atomic E-state index is -0.502. The highest BCUT2D eigenvalue weighted by molar-refractivity contribution is 5.92. The Kier molecular flexibility index (Phi) is 2.98. The van der Waals surface area contributed by atoms with E-state index in [1.807, 2.05) is 18.2 Å². The maximum Gasteiger partial charge on any atom is 0.240 e. The summed E-state index contributed by atoms with van der Waals surface area (Å²) in [7, 11) is 0. The summed E-state index contributed by atoms with van der Waals surface area (Å²) in [5.41, 5.74) is 6.56. The van der Waals surface area contributed by atoms with Crippen molar-refractivity contribution in [2.24, 2.45) is 17.6 Å². The van der Waals surface area contributed by atoms with Crippen LogP contribution in [0.5, 0.6) is 0 Å². The van der Waals surface area contributed by atoms with Crippen molar-refractivity contribution in [3.05, 3.63) is 35.9 Å². The molecule has 2 aliphatic rings. The average Bonchev–Trinajstić information content (AvgIpc) is 2.91. The van der Waals surface area contributed by atoms with Gasteiger partial charge in [-0.3, -0.25) is 14.5 Å². The van der Waals surface area contributed by atoms with Gasteiger partial charge in [-0.1, -0.05) is 30.3 Å². The second-order valence-corrected chi connectivity index (χ2v) is 5.34. The Balaban J connectivity index is 1.70. The fourth-order valence-electron chi connectivity index (χ4n) is 3.15. The van der Waals surface area contributed by atoms with Crippen LogP contribution in [0.1, 0.15) is 5.56 Å². The Morgan fingerprint density at radius 1 is 1.32 bits per heavy atom. The zero-order valence-electron chi connectivity index (χ0n) is 10.6. The van der Waals surface area contributed by atoms with Crippen LogP contribution >= 0.6 is 0 Å². The Morgan fingerprint density at radius 3 is 2.74 bits per heavy atom. The van der Waals surface area contributed by atoms with Crippen molar-refractivity contribution in [2.45, 2.75) is 12.6 Å². The molecule has 1 aromatic rings. The zero-order valence-corrected chi connectivity index (χ0v) is 10.6. The molecule has 0 radical (unpaired) electrons. The first-order valence-corrected chi connectivity index (χ1v) is 6.51. The average molecular weight is 259 g/mol. The Hall–Kier alpha value is -1.88. The molecule has 2 fully saturated rings. The minimum Gasteiger partial charge on any atom is -0.368 e. The van der Waals surface area contributed by atoms with Gasteiger partial charge in [-0.25, -0.2) is 0 Å². The molecule has 0 bridgehead atoms. The summed E-state index contributed by atoms with van der Waals surface area (Å²) in [6, 6.07) is 9.63. The second kappa shape index (κ2) is 4.66. The monoisotopic (exact) mass is 259 g/mol. The number of carbonyl (C=O) groups is 2. The molecule has 5 nitrogen and oxygen atoms in total. The Morgan fingerprint density at radius 2 is 2.05 bits per heavy atom. The van der Waals surface area contributed by atoms with Crippen molar-refractivity contribution in [2.75, 3.05) is 13.1 Å². The molecule has 0 aromatic heterocycles. The summed E-state index contributed by atoms with van der Waals surface area (Å²) >= 11 is 0. The first-order chi connectivity index (χ1) is 9.15. The second-order valence-electron chi connectivity index (χ2n) is 5.34. The van der Waals surface area contributed by atoms with Crippen molar-refractivity contribution in [3.8, 4) is 0 Å². The number of amides is 2. The van der Waals surface area contributed by atoms with Crippen LogP contribution in [-0.2, 0) is 16.1 Å². The van der Waals surface area contributed by atoms with E-state index in [1.54, 1.807) is 0 Å². The molecular weight excluding hydrogens is 242 g/mol. The number of nitrogens with zero attached hydrogens (tertiary/aromatic N) is 1. The summed E-state index contributed by atoms with van der Waals surface area (Å²) in [5.74, 6) is -0.540. The molecule has 0 aliphatic carbocycles. The molecule has 3 N–H and O–H groups in total. The number of carbonyl (C=O) groups excluding carboxylic acids is 2. The molecule has 0 spiro atoms. The van der Waals surface area contributed by atoms with Gasteiger partial charge in [-0.15, -0.1) is 0 Å². The van der Waals surface area contributed by atoms with E-state index in [9.17, 15) is 9.59 Å². The highest BCUT2D eigenvalue weighted by Gasteiger charge is 2.49. The number of hydrogen-bond acceptors (Lipinski definition) is 3. The zero-order chi connectivity index (χ0) is 13.4. The van der Waals surface area contributed by atoms with Crippen molar-refractivity contribution in [1.82, 2.24) is 10.2 Å². The van der Waals surface area contributed by atoms with Crippen LogP contribution in [0.15, 0.2) is 30.3 Å². The summed E-state index contributed by atoms with van der Waals surface area (Å²) < 4.78 is 0. The molecule has 2 heterocycles. The van der Waals surface area contributed by atoms with Gasteiger partial charge in [0.25, 0.3) is 0 Å². The topological polar surface area (TPSA) is 75.4 Å². The maximum atomic E-state index is 11.8. The van der Waals surface area contributed by atoms with Crippen molar-refractivity contribution < 1.29 is 9.59 Å². The van der Waals surface area contributed by atoms with Crippen LogP contribution in [0.25, 0.3) is 0 Å². The minimum absolute atomic E-state index is 0.0220. The number of likely N-dealkylation sites (tertiary alicyclic amines) is 1. The lowest BCUT2D eigenvalue weighted by atomic mass is 9.94. The van der Waals surface area contributed by atoms with Crippen molar-refractivity contribution >= 4 is 11.8 Å². The van der Waals surface area contributed by atoms with Gasteiger partial charge in [0.05, 0.1) is 5.92 Å². The van der Waals surface area contributed by atoms with E-state index in [2.05, 4.69) is 22.3 Å². The van der Waals surface area contributed by atoms with E-state index < -0.39 is 11.9 Å². The van der Waals surface area contributed by atoms with Crippen LogP contribution in [0.4, 0.5) is 0 Å². The van der Waals surface area contributed by atoms with Crippen LogP contribution in [-0.4, -0.2) is 35.8 Å². The molecule has 100 valence electrons. The smallest absolute Gasteiger partial charge is 0.240 e. The first kappa shape index (κ1) is 12.2. The molecule has 1 aromatic carbocycles. The summed E-state index contributed by atoms with van der Waals surface area (Å²) in [6.07, 6.45) is 0. The fourth-order valence-corrected chi connectivity index (χ4v) is 3.15. The lowest BCUT2D eigenvalue weighted by molar-refractivity contribution is -0.125. The van der Waals surface area contributed by atoms with E-state index in [0.29, 0.717) is 6.54 Å². The largest absolute Gasteiger partial charge is 0.368 e. The number of primary amides is 1. The third-order valence-corrected chi connectivity index (χ3v) is 4.06. The molecule has 0 unspecified atom stereocenters. The van der Waals surface area contributed by atoms with E-state index in [0.717, 1.165) is 13.1 Å². The molecule has 2 aliphatic heterocycles. The van der Waals surface area contributed by atoms with Gasteiger partial charge in [0.2, 0.25) is 11.8 Å². The first-order valence-electron chi connectivity index (χ1n) is 6.51. The lowest BCUT2D eigenvalue weighted by Gasteiger charge is -2.19. The predicted molar refractivity (Wildman–Crippen MR) is 69.8 cm³/mol. The van der Waals surface area contributed by atoms with Crippen LogP contribution in [0, 0.1) is 11.8 Å². The SMILES string of the molecule is NC(=O)[C@H]1NC(=O)[C@@H]2CN(Cc3ccccc3)C[C@H]12. The summed E-state index contributed by atoms with van der Waals surface area (Å²) in [6.45, 7) is 2.26. The molecular formula is C14H17N3O2. The van der Waals surface area contributed by atoms with Crippen LogP contribution in [0.3, 0.4) is 0 Å². The van der Waals surface area contributed by atoms with Gasteiger partial charge in [-0.2, -0.15) is 0 Å². The number of nitrogens with two attached hydrogens (primary N) is 1. The van der Waals surface area contributed by atoms with Gasteiger partial charge in [-0.05, 0) is 5.56 Å². The number of fused-ring (bicyclic) bond motifs is 1. The van der Waals surface area contributed by atoms with Crippen molar-refractivity contribution in [3.63, 3.8) is 0 Å². The van der Waals surface area contributed by atoms with Crippen molar-refractivity contribution in [1.29, 1.82) is 0 Å². The third kappa shape index (κ3) is 2.21. The highest BCUT2D eigenvalue weighted by atomic mass is 16.2. The van der Waals surface area contributed by atoms with Crippen LogP contribution in [0.2, 0.25) is 0 Å². The molecule has 0 saturated carbocycles. The fraction of sp³-hybridized carbons (Fsp3) is 0.429. The van der Waals surface area contributed by atoms with E-state index in [4.69, 9.17) is 5.73 Å². The van der Waals surface area contributed by atoms with Gasteiger partial charge in [0.1, 0.15) is 6.04 Å². The van der Waals surface area contributed by atoms with Gasteiger partial charge in [0.15, 0.2) is 0 Å². The van der Waals surface area contributed by atoms with E-state index in [1.165, 1.54) is 5.56 Å². The molecule has 2 saturated heterocycles. The quantitative estimate of drug-likeness (QED) is 0.784. The number of benzene rings is 1.